The van der Waals surface area contributed by atoms with Gasteiger partial charge in [0.15, 0.2) is 5.82 Å². The lowest BCUT2D eigenvalue weighted by Crippen LogP contribution is -2.48. The fourth-order valence-corrected chi connectivity index (χ4v) is 3.43. The quantitative estimate of drug-likeness (QED) is 0.830. The molecule has 4 heterocycles. The van der Waals surface area contributed by atoms with E-state index in [0.29, 0.717) is 12.6 Å². The normalized spacial score (nSPS) is 28.4. The van der Waals surface area contributed by atoms with E-state index in [1.54, 1.807) is 12.7 Å². The van der Waals surface area contributed by atoms with Crippen LogP contribution in [0.5, 0.6) is 0 Å². The van der Waals surface area contributed by atoms with Gasteiger partial charge in [-0.3, -0.25) is 0 Å². The summed E-state index contributed by atoms with van der Waals surface area (Å²) in [5, 5.41) is 7.73. The number of nitrogens with zero attached hydrogens (tertiary/aromatic N) is 6. The van der Waals surface area contributed by atoms with E-state index in [4.69, 9.17) is 4.74 Å². The van der Waals surface area contributed by atoms with Crippen LogP contribution in [0.3, 0.4) is 0 Å². The van der Waals surface area contributed by atoms with E-state index < -0.39 is 5.82 Å². The van der Waals surface area contributed by atoms with Gasteiger partial charge >= 0.3 is 0 Å². The molecule has 0 saturated carbocycles. The molecular weight excluding hydrogens is 287 g/mol. The minimum Gasteiger partial charge on any atom is -0.371 e. The molecule has 2 aliphatic heterocycles. The van der Waals surface area contributed by atoms with Crippen LogP contribution in [-0.2, 0) is 4.74 Å². The average Bonchev–Trinajstić information content (AvgIpc) is 3.18. The van der Waals surface area contributed by atoms with E-state index in [0.717, 1.165) is 32.4 Å². The van der Waals surface area contributed by atoms with E-state index in [9.17, 15) is 4.39 Å². The number of hydrogen-bond donors (Lipinski definition) is 0. The number of piperidine rings is 1. The van der Waals surface area contributed by atoms with Gasteiger partial charge in [0.25, 0.3) is 0 Å². The maximum absolute atomic E-state index is 13.0. The van der Waals surface area contributed by atoms with Crippen molar-refractivity contribution in [3.05, 3.63) is 30.9 Å². The van der Waals surface area contributed by atoms with Crippen molar-refractivity contribution in [3.8, 4) is 0 Å². The number of anilines is 1. The summed E-state index contributed by atoms with van der Waals surface area (Å²) in [4.78, 5) is 10.2. The molecule has 8 heteroatoms. The molecule has 0 unspecified atom stereocenters. The van der Waals surface area contributed by atoms with E-state index in [1.807, 2.05) is 4.57 Å². The second-order valence-corrected chi connectivity index (χ2v) is 5.99. The number of hydrogen-bond acceptors (Lipinski definition) is 6. The molecule has 0 amide bonds. The van der Waals surface area contributed by atoms with Crippen molar-refractivity contribution in [3.63, 3.8) is 0 Å². The largest absolute Gasteiger partial charge is 0.371 e. The molecule has 2 saturated heterocycles. The van der Waals surface area contributed by atoms with Gasteiger partial charge in [0.1, 0.15) is 12.7 Å². The highest BCUT2D eigenvalue weighted by Crippen LogP contribution is 2.39. The molecule has 22 heavy (non-hydrogen) atoms. The van der Waals surface area contributed by atoms with Crippen LogP contribution < -0.4 is 4.90 Å². The third-order valence-corrected chi connectivity index (χ3v) is 4.48. The molecule has 4 rings (SSSR count). The Morgan fingerprint density at radius 3 is 2.77 bits per heavy atom. The summed E-state index contributed by atoms with van der Waals surface area (Å²) in [6.45, 7) is 2.27. The number of aromatic nitrogens is 5. The minimum absolute atomic E-state index is 0.190. The fraction of sp³-hybridized carbons (Fsp3) is 0.571. The Hall–Kier alpha value is -2.09. The third kappa shape index (κ3) is 2.43. The maximum atomic E-state index is 13.0. The molecule has 2 aliphatic rings. The average molecular weight is 304 g/mol. The summed E-state index contributed by atoms with van der Waals surface area (Å²) in [5.74, 6) is 0.150. The van der Waals surface area contributed by atoms with Crippen molar-refractivity contribution >= 4 is 5.95 Å². The third-order valence-electron chi connectivity index (χ3n) is 4.48. The Morgan fingerprint density at radius 1 is 1.23 bits per heavy atom. The monoisotopic (exact) mass is 304 g/mol. The molecule has 0 aromatic carbocycles. The lowest BCUT2D eigenvalue weighted by molar-refractivity contribution is -0.00720. The number of rotatable bonds is 2. The van der Waals surface area contributed by atoms with Crippen molar-refractivity contribution in [2.75, 3.05) is 24.6 Å². The second kappa shape index (κ2) is 5.28. The van der Waals surface area contributed by atoms with Crippen LogP contribution in [0, 0.1) is 5.82 Å². The Kier molecular flexibility index (Phi) is 3.25. The van der Waals surface area contributed by atoms with Crippen LogP contribution in [0.1, 0.15) is 25.3 Å². The highest BCUT2D eigenvalue weighted by atomic mass is 19.1. The van der Waals surface area contributed by atoms with E-state index in [1.165, 1.54) is 12.4 Å². The lowest BCUT2D eigenvalue weighted by Gasteiger charge is -2.39. The summed E-state index contributed by atoms with van der Waals surface area (Å²) < 4.78 is 21.1. The first kappa shape index (κ1) is 13.6. The van der Waals surface area contributed by atoms with E-state index in [-0.39, 0.29) is 11.6 Å². The van der Waals surface area contributed by atoms with Crippen LogP contribution in [-0.4, -0.2) is 50.0 Å². The van der Waals surface area contributed by atoms with E-state index in [2.05, 4.69) is 25.1 Å². The van der Waals surface area contributed by atoms with Gasteiger partial charge in [0.2, 0.25) is 5.95 Å². The van der Waals surface area contributed by atoms with Crippen molar-refractivity contribution in [1.82, 2.24) is 24.7 Å². The molecule has 116 valence electrons. The minimum atomic E-state index is -0.416. The first-order chi connectivity index (χ1) is 10.7. The molecule has 0 N–H and O–H groups in total. The molecule has 0 radical (unpaired) electrons. The van der Waals surface area contributed by atoms with Gasteiger partial charge in [0.05, 0.1) is 30.6 Å². The molecule has 2 aromatic heterocycles. The predicted molar refractivity (Wildman–Crippen MR) is 75.8 cm³/mol. The maximum Gasteiger partial charge on any atom is 0.225 e. The number of halogens is 1. The van der Waals surface area contributed by atoms with Crippen LogP contribution in [0.15, 0.2) is 25.0 Å². The Morgan fingerprint density at radius 2 is 2.00 bits per heavy atom. The summed E-state index contributed by atoms with van der Waals surface area (Å²) >= 11 is 0. The molecular formula is C14H17FN6O. The van der Waals surface area contributed by atoms with Crippen LogP contribution in [0.2, 0.25) is 0 Å². The molecule has 0 aliphatic carbocycles. The molecule has 2 aromatic rings. The predicted octanol–water partition coefficient (Wildman–Crippen LogP) is 1.21. The summed E-state index contributed by atoms with van der Waals surface area (Å²) in [7, 11) is 0. The van der Waals surface area contributed by atoms with Crippen molar-refractivity contribution in [1.29, 1.82) is 0 Å². The van der Waals surface area contributed by atoms with Crippen LogP contribution >= 0.6 is 0 Å². The SMILES string of the molecule is Fc1cnc(N2CCC[C@]3(C[C@H](n4cnnc4)CO3)C2)nc1. The van der Waals surface area contributed by atoms with Gasteiger partial charge in [-0.2, -0.15) is 0 Å². The van der Waals surface area contributed by atoms with E-state index >= 15 is 0 Å². The topological polar surface area (TPSA) is 69.0 Å². The molecule has 7 nitrogen and oxygen atoms in total. The first-order valence-electron chi connectivity index (χ1n) is 7.45. The highest BCUT2D eigenvalue weighted by molar-refractivity contribution is 5.31. The van der Waals surface area contributed by atoms with Gasteiger partial charge in [0, 0.05) is 19.5 Å². The lowest BCUT2D eigenvalue weighted by atomic mass is 9.89. The Balaban J connectivity index is 1.50. The standard InChI is InChI=1S/C14H17FN6O/c15-11-5-16-13(17-6-11)20-3-1-2-14(8-20)4-12(7-22-14)21-9-18-19-10-21/h5-6,9-10,12H,1-4,7-8H2/t12-,14-/m0/s1. The zero-order valence-corrected chi connectivity index (χ0v) is 12.1. The fourth-order valence-electron chi connectivity index (χ4n) is 3.43. The molecule has 2 atom stereocenters. The summed E-state index contributed by atoms with van der Waals surface area (Å²) in [6, 6.07) is 0.268. The number of ether oxygens (including phenoxy) is 1. The van der Waals surface area contributed by atoms with Crippen molar-refractivity contribution in [2.24, 2.45) is 0 Å². The second-order valence-electron chi connectivity index (χ2n) is 5.99. The first-order valence-corrected chi connectivity index (χ1v) is 7.45. The molecule has 1 spiro atoms. The van der Waals surface area contributed by atoms with Gasteiger partial charge in [-0.1, -0.05) is 0 Å². The van der Waals surface area contributed by atoms with Crippen molar-refractivity contribution in [2.45, 2.75) is 30.9 Å². The Bertz CT molecular complexity index is 633. The summed E-state index contributed by atoms with van der Waals surface area (Å²) in [6.07, 6.45) is 8.83. The van der Waals surface area contributed by atoms with Gasteiger partial charge < -0.3 is 14.2 Å². The molecule has 2 fully saturated rings. The summed E-state index contributed by atoms with van der Waals surface area (Å²) in [5.41, 5.74) is -0.190. The highest BCUT2D eigenvalue weighted by Gasteiger charge is 2.44. The van der Waals surface area contributed by atoms with Gasteiger partial charge in [-0.15, -0.1) is 10.2 Å². The van der Waals surface area contributed by atoms with Crippen molar-refractivity contribution < 1.29 is 9.13 Å². The smallest absolute Gasteiger partial charge is 0.225 e. The zero-order chi connectivity index (χ0) is 15.0. The molecule has 0 bridgehead atoms. The van der Waals surface area contributed by atoms with Gasteiger partial charge in [-0.25, -0.2) is 14.4 Å². The van der Waals surface area contributed by atoms with Crippen LogP contribution in [0.25, 0.3) is 0 Å². The zero-order valence-electron chi connectivity index (χ0n) is 12.1. The van der Waals surface area contributed by atoms with Crippen LogP contribution in [0.4, 0.5) is 10.3 Å². The Labute approximate surface area is 127 Å². The van der Waals surface area contributed by atoms with Gasteiger partial charge in [-0.05, 0) is 12.8 Å².